The van der Waals surface area contributed by atoms with Crippen LogP contribution in [0.1, 0.15) is 37.8 Å². The van der Waals surface area contributed by atoms with Crippen molar-refractivity contribution < 1.29 is 9.90 Å². The van der Waals surface area contributed by atoms with Gasteiger partial charge in [-0.1, -0.05) is 29.8 Å². The van der Waals surface area contributed by atoms with Crippen molar-refractivity contribution in [1.29, 1.82) is 0 Å². The summed E-state index contributed by atoms with van der Waals surface area (Å²) < 4.78 is 0. The standard InChI is InChI=1S/C20H31N3O2/c1-15-4-6-17(7-5-15)20(3,25)14-22-10-12-23(13-11-22)16(2)19(24)21-18-8-9-18/h4-7,16,18,25H,8-14H2,1-3H3,(H,21,24). The Bertz CT molecular complexity index is 587. The van der Waals surface area contributed by atoms with Crippen molar-refractivity contribution in [1.82, 2.24) is 15.1 Å². The third-order valence-corrected chi connectivity index (χ3v) is 5.46. The van der Waals surface area contributed by atoms with Crippen molar-refractivity contribution in [3.8, 4) is 0 Å². The third kappa shape index (κ3) is 4.81. The Labute approximate surface area is 151 Å². The average molecular weight is 345 g/mol. The number of amides is 1. The second-order valence-corrected chi connectivity index (χ2v) is 7.91. The molecule has 1 aromatic rings. The molecular weight excluding hydrogens is 314 g/mol. The Morgan fingerprint density at radius 3 is 2.40 bits per heavy atom. The zero-order valence-electron chi connectivity index (χ0n) is 15.7. The van der Waals surface area contributed by atoms with Gasteiger partial charge in [-0.15, -0.1) is 0 Å². The molecule has 0 radical (unpaired) electrons. The zero-order valence-corrected chi connectivity index (χ0v) is 15.7. The number of aryl methyl sites for hydroxylation is 1. The van der Waals surface area contributed by atoms with Crippen LogP contribution in [0, 0.1) is 6.92 Å². The third-order valence-electron chi connectivity index (χ3n) is 5.46. The minimum atomic E-state index is -0.856. The van der Waals surface area contributed by atoms with Crippen molar-refractivity contribution in [2.24, 2.45) is 0 Å². The molecule has 1 saturated carbocycles. The van der Waals surface area contributed by atoms with Crippen LogP contribution < -0.4 is 5.32 Å². The van der Waals surface area contributed by atoms with E-state index >= 15 is 0 Å². The molecule has 5 heteroatoms. The second kappa shape index (κ2) is 7.44. The van der Waals surface area contributed by atoms with Gasteiger partial charge in [0.25, 0.3) is 0 Å². The van der Waals surface area contributed by atoms with Gasteiger partial charge >= 0.3 is 0 Å². The van der Waals surface area contributed by atoms with Gasteiger partial charge in [0.2, 0.25) is 5.91 Å². The molecule has 1 aromatic carbocycles. The highest BCUT2D eigenvalue weighted by Gasteiger charge is 2.32. The quantitative estimate of drug-likeness (QED) is 0.820. The maximum atomic E-state index is 12.2. The van der Waals surface area contributed by atoms with Crippen molar-refractivity contribution in [2.45, 2.75) is 51.3 Å². The number of piperazine rings is 1. The van der Waals surface area contributed by atoms with E-state index in [2.05, 4.69) is 22.0 Å². The Hall–Kier alpha value is -1.43. The molecule has 2 aliphatic rings. The van der Waals surface area contributed by atoms with Gasteiger partial charge in [0.05, 0.1) is 11.6 Å². The smallest absolute Gasteiger partial charge is 0.237 e. The highest BCUT2D eigenvalue weighted by atomic mass is 16.3. The van der Waals surface area contributed by atoms with Crippen LogP contribution in [0.3, 0.4) is 0 Å². The maximum absolute atomic E-state index is 12.2. The lowest BCUT2D eigenvalue weighted by Gasteiger charge is -2.40. The van der Waals surface area contributed by atoms with Gasteiger partial charge in [0.15, 0.2) is 0 Å². The minimum Gasteiger partial charge on any atom is -0.384 e. The predicted octanol–water partition coefficient (Wildman–Crippen LogP) is 1.49. The normalized spacial score (nSPS) is 23.0. The molecule has 0 aromatic heterocycles. The first-order valence-electron chi connectivity index (χ1n) is 9.41. The van der Waals surface area contributed by atoms with Gasteiger partial charge < -0.3 is 10.4 Å². The number of aliphatic hydroxyl groups is 1. The highest BCUT2D eigenvalue weighted by molar-refractivity contribution is 5.81. The van der Waals surface area contributed by atoms with Crippen molar-refractivity contribution in [3.63, 3.8) is 0 Å². The van der Waals surface area contributed by atoms with E-state index in [1.807, 2.05) is 38.1 Å². The lowest BCUT2D eigenvalue weighted by atomic mass is 9.94. The van der Waals surface area contributed by atoms with E-state index < -0.39 is 5.60 Å². The van der Waals surface area contributed by atoms with E-state index in [1.165, 1.54) is 5.56 Å². The first kappa shape index (κ1) is 18.4. The lowest BCUT2D eigenvalue weighted by Crippen LogP contribution is -2.55. The van der Waals surface area contributed by atoms with E-state index in [1.54, 1.807) is 0 Å². The molecule has 0 bridgehead atoms. The van der Waals surface area contributed by atoms with E-state index in [4.69, 9.17) is 0 Å². The number of nitrogens with one attached hydrogen (secondary N) is 1. The molecule has 2 unspecified atom stereocenters. The lowest BCUT2D eigenvalue weighted by molar-refractivity contribution is -0.127. The van der Waals surface area contributed by atoms with Crippen molar-refractivity contribution in [2.75, 3.05) is 32.7 Å². The summed E-state index contributed by atoms with van der Waals surface area (Å²) in [5.41, 5.74) is 1.30. The number of carbonyl (C=O) groups is 1. The highest BCUT2D eigenvalue weighted by Crippen LogP contribution is 2.23. The molecule has 5 nitrogen and oxygen atoms in total. The number of hydrogen-bond acceptors (Lipinski definition) is 4. The fourth-order valence-electron chi connectivity index (χ4n) is 3.46. The molecule has 1 amide bonds. The first-order valence-corrected chi connectivity index (χ1v) is 9.41. The van der Waals surface area contributed by atoms with E-state index in [0.29, 0.717) is 12.6 Å². The van der Waals surface area contributed by atoms with Gasteiger partial charge in [0, 0.05) is 38.8 Å². The van der Waals surface area contributed by atoms with E-state index in [-0.39, 0.29) is 11.9 Å². The Morgan fingerprint density at radius 2 is 1.84 bits per heavy atom. The summed E-state index contributed by atoms with van der Waals surface area (Å²) in [5.74, 6) is 0.155. The average Bonchev–Trinajstić information content (AvgIpc) is 3.39. The molecule has 2 fully saturated rings. The summed E-state index contributed by atoms with van der Waals surface area (Å²) in [6, 6.07) is 8.46. The van der Waals surface area contributed by atoms with E-state index in [0.717, 1.165) is 44.6 Å². The van der Waals surface area contributed by atoms with Gasteiger partial charge in [0.1, 0.15) is 0 Å². The number of carbonyl (C=O) groups excluding carboxylic acids is 1. The molecule has 0 spiro atoms. The SMILES string of the molecule is Cc1ccc(C(C)(O)CN2CCN(C(C)C(=O)NC3CC3)CC2)cc1. The molecule has 1 heterocycles. The van der Waals surface area contributed by atoms with Crippen LogP contribution in [0.4, 0.5) is 0 Å². The minimum absolute atomic E-state index is 0.0691. The monoisotopic (exact) mass is 345 g/mol. The first-order chi connectivity index (χ1) is 11.8. The van der Waals surface area contributed by atoms with Crippen LogP contribution in [0.15, 0.2) is 24.3 Å². The van der Waals surface area contributed by atoms with Crippen LogP contribution in [-0.4, -0.2) is 65.6 Å². The maximum Gasteiger partial charge on any atom is 0.237 e. The topological polar surface area (TPSA) is 55.8 Å². The number of hydrogen-bond donors (Lipinski definition) is 2. The van der Waals surface area contributed by atoms with Crippen LogP contribution >= 0.6 is 0 Å². The zero-order chi connectivity index (χ0) is 18.0. The number of nitrogens with zero attached hydrogens (tertiary/aromatic N) is 2. The fraction of sp³-hybridized carbons (Fsp3) is 0.650. The Morgan fingerprint density at radius 1 is 1.24 bits per heavy atom. The van der Waals surface area contributed by atoms with Gasteiger partial charge in [-0.2, -0.15) is 0 Å². The Balaban J connectivity index is 1.49. The van der Waals surface area contributed by atoms with E-state index in [9.17, 15) is 9.90 Å². The predicted molar refractivity (Wildman–Crippen MR) is 99.4 cm³/mol. The van der Waals surface area contributed by atoms with Gasteiger partial charge in [-0.05, 0) is 39.2 Å². The summed E-state index contributed by atoms with van der Waals surface area (Å²) in [6.45, 7) is 10.0. The number of rotatable bonds is 6. The summed E-state index contributed by atoms with van der Waals surface area (Å²) in [4.78, 5) is 16.7. The molecule has 2 atom stereocenters. The summed E-state index contributed by atoms with van der Waals surface area (Å²) >= 11 is 0. The number of β-amino-alcohol motifs (C(OH)–C–C–N with tert-alkyl or cyclic N) is 1. The molecular formula is C20H31N3O2. The van der Waals surface area contributed by atoms with Crippen molar-refractivity contribution in [3.05, 3.63) is 35.4 Å². The molecule has 138 valence electrons. The van der Waals surface area contributed by atoms with Gasteiger partial charge in [-0.25, -0.2) is 0 Å². The van der Waals surface area contributed by atoms with Crippen LogP contribution in [0.5, 0.6) is 0 Å². The largest absolute Gasteiger partial charge is 0.384 e. The summed E-state index contributed by atoms with van der Waals surface area (Å²) in [6.07, 6.45) is 2.25. The molecule has 1 aliphatic heterocycles. The molecule has 2 N–H and O–H groups in total. The number of benzene rings is 1. The molecule has 3 rings (SSSR count). The molecule has 25 heavy (non-hydrogen) atoms. The summed E-state index contributed by atoms with van der Waals surface area (Å²) in [5, 5.41) is 14.0. The molecule has 1 aliphatic carbocycles. The van der Waals surface area contributed by atoms with Crippen LogP contribution in [-0.2, 0) is 10.4 Å². The second-order valence-electron chi connectivity index (χ2n) is 7.91. The summed E-state index contributed by atoms with van der Waals surface area (Å²) in [7, 11) is 0. The Kier molecular flexibility index (Phi) is 5.46. The van der Waals surface area contributed by atoms with Crippen molar-refractivity contribution >= 4 is 5.91 Å². The van der Waals surface area contributed by atoms with Crippen LogP contribution in [0.25, 0.3) is 0 Å². The van der Waals surface area contributed by atoms with Gasteiger partial charge in [-0.3, -0.25) is 14.6 Å². The fourth-order valence-corrected chi connectivity index (χ4v) is 3.46. The van der Waals surface area contributed by atoms with Crippen LogP contribution in [0.2, 0.25) is 0 Å². The molecule has 1 saturated heterocycles.